The Bertz CT molecular complexity index is 375. The van der Waals surface area contributed by atoms with E-state index in [1.165, 1.54) is 0 Å². The third-order valence-electron chi connectivity index (χ3n) is 2.57. The molecule has 0 spiro atoms. The molecule has 1 aromatic carbocycles. The van der Waals surface area contributed by atoms with Crippen LogP contribution in [0.25, 0.3) is 0 Å². The van der Waals surface area contributed by atoms with Gasteiger partial charge in [-0.15, -0.1) is 0 Å². The number of nitrogens with two attached hydrogens (primary N) is 1. The van der Waals surface area contributed by atoms with E-state index in [4.69, 9.17) is 5.73 Å². The van der Waals surface area contributed by atoms with Crippen LogP contribution in [0.5, 0.6) is 0 Å². The van der Waals surface area contributed by atoms with Crippen LogP contribution in [0.3, 0.4) is 0 Å². The molecule has 16 heavy (non-hydrogen) atoms. The predicted molar refractivity (Wildman–Crippen MR) is 70.3 cm³/mol. The van der Waals surface area contributed by atoms with Gasteiger partial charge in [0, 0.05) is 16.7 Å². The second-order valence-electron chi connectivity index (χ2n) is 3.79. The smallest absolute Gasteiger partial charge is 0.228 e. The summed E-state index contributed by atoms with van der Waals surface area (Å²) in [7, 11) is 0. The molecule has 1 rings (SSSR count). The number of anilines is 1. The number of rotatable bonds is 4. The molecule has 0 fully saturated rings. The zero-order valence-electron chi connectivity index (χ0n) is 9.59. The van der Waals surface area contributed by atoms with Gasteiger partial charge in [0.15, 0.2) is 0 Å². The fourth-order valence-corrected chi connectivity index (χ4v) is 1.67. The normalized spacial score (nSPS) is 12.2. The average molecular weight is 285 g/mol. The van der Waals surface area contributed by atoms with E-state index in [2.05, 4.69) is 21.2 Å². The highest BCUT2D eigenvalue weighted by molar-refractivity contribution is 9.10. The highest BCUT2D eigenvalue weighted by Crippen LogP contribution is 2.20. The molecule has 0 bridgehead atoms. The first-order chi connectivity index (χ1) is 7.58. The van der Waals surface area contributed by atoms with Crippen LogP contribution in [0.15, 0.2) is 22.7 Å². The summed E-state index contributed by atoms with van der Waals surface area (Å²) in [5, 5.41) is 2.87. The number of benzene rings is 1. The van der Waals surface area contributed by atoms with Crippen LogP contribution < -0.4 is 11.1 Å². The van der Waals surface area contributed by atoms with Gasteiger partial charge in [-0.25, -0.2) is 0 Å². The molecule has 0 aromatic heterocycles. The second kappa shape index (κ2) is 6.01. The van der Waals surface area contributed by atoms with Gasteiger partial charge >= 0.3 is 0 Å². The maximum atomic E-state index is 11.8. The van der Waals surface area contributed by atoms with Crippen molar-refractivity contribution >= 4 is 27.5 Å². The number of nitrogens with one attached hydrogen (secondary N) is 1. The molecule has 3 nitrogen and oxygen atoms in total. The van der Waals surface area contributed by atoms with Crippen molar-refractivity contribution in [2.24, 2.45) is 11.7 Å². The molecule has 0 saturated carbocycles. The fourth-order valence-electron chi connectivity index (χ4n) is 1.43. The lowest BCUT2D eigenvalue weighted by Crippen LogP contribution is -2.28. The molecule has 0 saturated heterocycles. The molecule has 0 radical (unpaired) electrons. The monoisotopic (exact) mass is 284 g/mol. The number of amides is 1. The average Bonchev–Trinajstić information content (AvgIpc) is 2.25. The molecule has 4 heteroatoms. The SMILES string of the molecule is CCC(CN)C(=O)Nc1ccc(Br)c(C)c1. The quantitative estimate of drug-likeness (QED) is 0.893. The molecule has 0 heterocycles. The summed E-state index contributed by atoms with van der Waals surface area (Å²) in [5.74, 6) is -0.115. The summed E-state index contributed by atoms with van der Waals surface area (Å²) >= 11 is 3.42. The molecule has 1 unspecified atom stereocenters. The molecule has 1 atom stereocenters. The predicted octanol–water partition coefficient (Wildman–Crippen LogP) is 2.68. The van der Waals surface area contributed by atoms with Crippen LogP contribution in [0.2, 0.25) is 0 Å². The lowest BCUT2D eigenvalue weighted by Gasteiger charge is -2.13. The summed E-state index contributed by atoms with van der Waals surface area (Å²) in [6, 6.07) is 5.73. The van der Waals surface area contributed by atoms with Crippen molar-refractivity contribution < 1.29 is 4.79 Å². The lowest BCUT2D eigenvalue weighted by molar-refractivity contribution is -0.119. The number of hydrogen-bond donors (Lipinski definition) is 2. The highest BCUT2D eigenvalue weighted by Gasteiger charge is 2.14. The zero-order valence-corrected chi connectivity index (χ0v) is 11.2. The van der Waals surface area contributed by atoms with Crippen molar-refractivity contribution in [2.45, 2.75) is 20.3 Å². The Balaban J connectivity index is 2.73. The van der Waals surface area contributed by atoms with Crippen molar-refractivity contribution in [2.75, 3.05) is 11.9 Å². The maximum Gasteiger partial charge on any atom is 0.228 e. The van der Waals surface area contributed by atoms with Gasteiger partial charge < -0.3 is 11.1 Å². The van der Waals surface area contributed by atoms with E-state index in [-0.39, 0.29) is 11.8 Å². The minimum atomic E-state index is -0.107. The Morgan fingerprint density at radius 3 is 2.75 bits per heavy atom. The first kappa shape index (κ1) is 13.2. The van der Waals surface area contributed by atoms with E-state index in [9.17, 15) is 4.79 Å². The third kappa shape index (κ3) is 3.32. The summed E-state index contributed by atoms with van der Waals surface area (Å²) in [6.07, 6.45) is 0.762. The first-order valence-electron chi connectivity index (χ1n) is 5.35. The van der Waals surface area contributed by atoms with Gasteiger partial charge in [0.1, 0.15) is 0 Å². The van der Waals surface area contributed by atoms with Crippen molar-refractivity contribution in [3.63, 3.8) is 0 Å². The van der Waals surface area contributed by atoms with E-state index in [1.54, 1.807) is 0 Å². The molecular weight excluding hydrogens is 268 g/mol. The molecule has 1 amide bonds. The summed E-state index contributed by atoms with van der Waals surface area (Å²) in [6.45, 7) is 4.34. The van der Waals surface area contributed by atoms with E-state index in [0.29, 0.717) is 6.54 Å². The fraction of sp³-hybridized carbons (Fsp3) is 0.417. The van der Waals surface area contributed by atoms with Crippen LogP contribution in [0.4, 0.5) is 5.69 Å². The maximum absolute atomic E-state index is 11.8. The molecule has 0 aliphatic rings. The number of carbonyl (C=O) groups excluding carboxylic acids is 1. The van der Waals surface area contributed by atoms with Gasteiger partial charge in [-0.2, -0.15) is 0 Å². The molecule has 1 aromatic rings. The lowest BCUT2D eigenvalue weighted by atomic mass is 10.1. The number of halogens is 1. The van der Waals surface area contributed by atoms with Crippen molar-refractivity contribution in [3.05, 3.63) is 28.2 Å². The van der Waals surface area contributed by atoms with Crippen molar-refractivity contribution in [3.8, 4) is 0 Å². The Hall–Kier alpha value is -0.870. The van der Waals surface area contributed by atoms with E-state index in [1.807, 2.05) is 32.0 Å². The van der Waals surface area contributed by atoms with E-state index in [0.717, 1.165) is 22.1 Å². The standard InChI is InChI=1S/C12H17BrN2O/c1-3-9(7-14)12(16)15-10-4-5-11(13)8(2)6-10/h4-6,9H,3,7,14H2,1-2H3,(H,15,16). The number of carbonyl (C=O) groups is 1. The Morgan fingerprint density at radius 1 is 1.56 bits per heavy atom. The molecule has 3 N–H and O–H groups in total. The topological polar surface area (TPSA) is 55.1 Å². The number of aryl methyl sites for hydroxylation is 1. The second-order valence-corrected chi connectivity index (χ2v) is 4.65. The van der Waals surface area contributed by atoms with Gasteiger partial charge in [0.05, 0.1) is 5.92 Å². The minimum absolute atomic E-state index is 0.00766. The highest BCUT2D eigenvalue weighted by atomic mass is 79.9. The van der Waals surface area contributed by atoms with Crippen LogP contribution >= 0.6 is 15.9 Å². The van der Waals surface area contributed by atoms with Gasteiger partial charge in [-0.3, -0.25) is 4.79 Å². The van der Waals surface area contributed by atoms with Crippen LogP contribution in [-0.2, 0) is 4.79 Å². The molecule has 0 aliphatic carbocycles. The van der Waals surface area contributed by atoms with Crippen LogP contribution in [-0.4, -0.2) is 12.5 Å². The van der Waals surface area contributed by atoms with Gasteiger partial charge in [-0.05, 0) is 37.1 Å². The van der Waals surface area contributed by atoms with Gasteiger partial charge in [-0.1, -0.05) is 22.9 Å². The third-order valence-corrected chi connectivity index (χ3v) is 3.46. The Kier molecular flexibility index (Phi) is 4.96. The zero-order chi connectivity index (χ0) is 12.1. The number of hydrogen-bond acceptors (Lipinski definition) is 2. The summed E-state index contributed by atoms with van der Waals surface area (Å²) in [5.41, 5.74) is 7.44. The van der Waals surface area contributed by atoms with Gasteiger partial charge in [0.25, 0.3) is 0 Å². The minimum Gasteiger partial charge on any atom is -0.330 e. The Labute approximate surface area is 105 Å². The largest absolute Gasteiger partial charge is 0.330 e. The van der Waals surface area contributed by atoms with E-state index < -0.39 is 0 Å². The molecule has 88 valence electrons. The van der Waals surface area contributed by atoms with Gasteiger partial charge in [0.2, 0.25) is 5.91 Å². The summed E-state index contributed by atoms with van der Waals surface area (Å²) < 4.78 is 1.04. The molecular formula is C12H17BrN2O. The van der Waals surface area contributed by atoms with E-state index >= 15 is 0 Å². The van der Waals surface area contributed by atoms with Crippen molar-refractivity contribution in [1.29, 1.82) is 0 Å². The first-order valence-corrected chi connectivity index (χ1v) is 6.14. The Morgan fingerprint density at radius 2 is 2.25 bits per heavy atom. The van der Waals surface area contributed by atoms with Crippen molar-refractivity contribution in [1.82, 2.24) is 0 Å². The van der Waals surface area contributed by atoms with Crippen LogP contribution in [0, 0.1) is 12.8 Å². The summed E-state index contributed by atoms with van der Waals surface area (Å²) in [4.78, 5) is 11.8. The molecule has 0 aliphatic heterocycles. The van der Waals surface area contributed by atoms with Crippen LogP contribution in [0.1, 0.15) is 18.9 Å².